The molecule has 7 heteroatoms. The average molecular weight is 490 g/mol. The van der Waals surface area contributed by atoms with Crippen LogP contribution in [0.25, 0.3) is 16.5 Å². The zero-order valence-electron chi connectivity index (χ0n) is 20.8. The van der Waals surface area contributed by atoms with Crippen LogP contribution in [-0.2, 0) is 14.3 Å². The lowest BCUT2D eigenvalue weighted by atomic mass is 9.91. The quantitative estimate of drug-likeness (QED) is 0.185. The second-order valence-corrected chi connectivity index (χ2v) is 8.43. The van der Waals surface area contributed by atoms with Crippen LogP contribution < -0.4 is 9.47 Å². The Morgan fingerprint density at radius 2 is 1.72 bits per heavy atom. The summed E-state index contributed by atoms with van der Waals surface area (Å²) >= 11 is 0. The number of likely N-dealkylation sites (tertiary alicyclic amines) is 1. The van der Waals surface area contributed by atoms with Gasteiger partial charge in [-0.15, -0.1) is 0 Å². The number of hydrogen-bond acceptors (Lipinski definition) is 6. The second kappa shape index (κ2) is 11.3. The van der Waals surface area contributed by atoms with Crippen molar-refractivity contribution in [3.8, 4) is 11.5 Å². The Morgan fingerprint density at radius 3 is 2.47 bits per heavy atom. The summed E-state index contributed by atoms with van der Waals surface area (Å²) in [6.07, 6.45) is 0.554. The molecule has 1 N–H and O–H groups in total. The van der Waals surface area contributed by atoms with Gasteiger partial charge in [0.05, 0.1) is 30.4 Å². The lowest BCUT2D eigenvalue weighted by Gasteiger charge is -2.26. The minimum atomic E-state index is -0.756. The Hall–Kier alpha value is -3.84. The van der Waals surface area contributed by atoms with Crippen LogP contribution in [0.3, 0.4) is 0 Å². The first kappa shape index (κ1) is 25.3. The monoisotopic (exact) mass is 489 g/mol. The molecular weight excluding hydrogens is 458 g/mol. The smallest absolute Gasteiger partial charge is 0.295 e. The van der Waals surface area contributed by atoms with Crippen molar-refractivity contribution in [1.82, 2.24) is 4.90 Å². The van der Waals surface area contributed by atoms with Gasteiger partial charge in [0, 0.05) is 26.3 Å². The molecule has 0 aromatic heterocycles. The molecule has 188 valence electrons. The van der Waals surface area contributed by atoms with Crippen LogP contribution in [0.1, 0.15) is 37.4 Å². The molecule has 0 bridgehead atoms. The highest BCUT2D eigenvalue weighted by Gasteiger charge is 2.46. The Kier molecular flexibility index (Phi) is 7.90. The predicted octanol–water partition coefficient (Wildman–Crippen LogP) is 5.10. The summed E-state index contributed by atoms with van der Waals surface area (Å²) in [6.45, 7) is 5.30. The Balaban J connectivity index is 1.92. The molecule has 0 saturated carbocycles. The van der Waals surface area contributed by atoms with Gasteiger partial charge in [-0.25, -0.2) is 0 Å². The SMILES string of the molecule is CCOc1ccc(/C(O)=C2\C(=O)C(=O)N(CCCOC)C2c2cccc3ccccc23)c(OCC)c1. The summed E-state index contributed by atoms with van der Waals surface area (Å²) in [5.41, 5.74) is 1.15. The number of fused-ring (bicyclic) bond motifs is 1. The van der Waals surface area contributed by atoms with Crippen molar-refractivity contribution in [3.63, 3.8) is 0 Å². The molecular formula is C29H31NO6. The number of rotatable bonds is 10. The topological polar surface area (TPSA) is 85.3 Å². The number of nitrogens with zero attached hydrogens (tertiary/aromatic N) is 1. The third-order valence-electron chi connectivity index (χ3n) is 6.22. The van der Waals surface area contributed by atoms with E-state index >= 15 is 0 Å². The van der Waals surface area contributed by atoms with E-state index in [0.717, 1.165) is 16.3 Å². The number of amides is 1. The summed E-state index contributed by atoms with van der Waals surface area (Å²) in [5.74, 6) is -0.674. The van der Waals surface area contributed by atoms with E-state index in [0.29, 0.717) is 49.8 Å². The predicted molar refractivity (Wildman–Crippen MR) is 138 cm³/mol. The van der Waals surface area contributed by atoms with Crippen LogP contribution in [0.4, 0.5) is 0 Å². The van der Waals surface area contributed by atoms with Crippen LogP contribution in [0, 0.1) is 0 Å². The third-order valence-corrected chi connectivity index (χ3v) is 6.22. The Morgan fingerprint density at radius 1 is 0.972 bits per heavy atom. The number of carbonyl (C=O) groups excluding carboxylic acids is 2. The third kappa shape index (κ3) is 4.79. The van der Waals surface area contributed by atoms with E-state index in [2.05, 4.69) is 0 Å². The van der Waals surface area contributed by atoms with Crippen molar-refractivity contribution < 1.29 is 28.9 Å². The highest BCUT2D eigenvalue weighted by Crippen LogP contribution is 2.43. The number of carbonyl (C=O) groups is 2. The van der Waals surface area contributed by atoms with Crippen LogP contribution in [0.2, 0.25) is 0 Å². The van der Waals surface area contributed by atoms with E-state index in [1.165, 1.54) is 4.90 Å². The second-order valence-electron chi connectivity index (χ2n) is 8.43. The van der Waals surface area contributed by atoms with Gasteiger partial charge in [0.2, 0.25) is 0 Å². The summed E-state index contributed by atoms with van der Waals surface area (Å²) in [4.78, 5) is 28.2. The van der Waals surface area contributed by atoms with E-state index < -0.39 is 17.7 Å². The van der Waals surface area contributed by atoms with Gasteiger partial charge in [-0.3, -0.25) is 9.59 Å². The number of Topliss-reactive ketones (excluding diaryl/α,β-unsaturated/α-hetero) is 1. The van der Waals surface area contributed by atoms with Gasteiger partial charge in [0.15, 0.2) is 0 Å². The van der Waals surface area contributed by atoms with E-state index in [1.807, 2.05) is 56.3 Å². The molecule has 1 saturated heterocycles. The van der Waals surface area contributed by atoms with Crippen LogP contribution >= 0.6 is 0 Å². The highest BCUT2D eigenvalue weighted by atomic mass is 16.5. The van der Waals surface area contributed by atoms with E-state index in [-0.39, 0.29) is 11.3 Å². The maximum Gasteiger partial charge on any atom is 0.295 e. The molecule has 36 heavy (non-hydrogen) atoms. The van der Waals surface area contributed by atoms with Crippen molar-refractivity contribution >= 4 is 28.2 Å². The molecule has 3 aromatic rings. The first-order chi connectivity index (χ1) is 17.5. The van der Waals surface area contributed by atoms with E-state index in [4.69, 9.17) is 14.2 Å². The fourth-order valence-electron chi connectivity index (χ4n) is 4.68. The number of benzene rings is 3. The minimum Gasteiger partial charge on any atom is -0.507 e. The van der Waals surface area contributed by atoms with Crippen molar-refractivity contribution in [2.75, 3.05) is 33.5 Å². The van der Waals surface area contributed by atoms with Gasteiger partial charge in [0.25, 0.3) is 11.7 Å². The van der Waals surface area contributed by atoms with Gasteiger partial charge in [0.1, 0.15) is 17.3 Å². The highest BCUT2D eigenvalue weighted by molar-refractivity contribution is 6.46. The molecule has 0 radical (unpaired) electrons. The molecule has 1 heterocycles. The fourth-order valence-corrected chi connectivity index (χ4v) is 4.68. The van der Waals surface area contributed by atoms with Gasteiger partial charge in [-0.05, 0) is 48.7 Å². The number of aliphatic hydroxyl groups excluding tert-OH is 1. The maximum atomic E-state index is 13.4. The van der Waals surface area contributed by atoms with Gasteiger partial charge >= 0.3 is 0 Å². The van der Waals surface area contributed by atoms with Crippen LogP contribution in [-0.4, -0.2) is 55.2 Å². The normalized spacial score (nSPS) is 17.1. The number of ketones is 1. The molecule has 1 aliphatic rings. The largest absolute Gasteiger partial charge is 0.507 e. The molecule has 1 aliphatic heterocycles. The zero-order chi connectivity index (χ0) is 25.7. The van der Waals surface area contributed by atoms with Crippen LogP contribution in [0.15, 0.2) is 66.2 Å². The average Bonchev–Trinajstić information content (AvgIpc) is 3.13. The van der Waals surface area contributed by atoms with E-state index in [1.54, 1.807) is 25.3 Å². The van der Waals surface area contributed by atoms with Gasteiger partial charge in [-0.2, -0.15) is 0 Å². The summed E-state index contributed by atoms with van der Waals surface area (Å²) in [6, 6.07) is 17.9. The minimum absolute atomic E-state index is 0.0406. The maximum absolute atomic E-state index is 13.4. The fraction of sp³-hybridized carbons (Fsp3) is 0.310. The van der Waals surface area contributed by atoms with Crippen molar-refractivity contribution in [1.29, 1.82) is 0 Å². The van der Waals surface area contributed by atoms with Crippen molar-refractivity contribution in [3.05, 3.63) is 77.4 Å². The first-order valence-corrected chi connectivity index (χ1v) is 12.2. The molecule has 1 unspecified atom stereocenters. The summed E-state index contributed by atoms with van der Waals surface area (Å²) in [5, 5.41) is 13.5. The van der Waals surface area contributed by atoms with Gasteiger partial charge < -0.3 is 24.2 Å². The Bertz CT molecular complexity index is 1290. The Labute approximate surface area is 210 Å². The summed E-state index contributed by atoms with van der Waals surface area (Å²) < 4.78 is 16.5. The number of aliphatic hydroxyl groups is 1. The molecule has 0 spiro atoms. The molecule has 7 nitrogen and oxygen atoms in total. The molecule has 0 aliphatic carbocycles. The zero-order valence-corrected chi connectivity index (χ0v) is 20.8. The number of methoxy groups -OCH3 is 1. The molecule has 1 atom stereocenters. The van der Waals surface area contributed by atoms with Crippen molar-refractivity contribution in [2.45, 2.75) is 26.3 Å². The summed E-state index contributed by atoms with van der Waals surface area (Å²) in [7, 11) is 1.59. The van der Waals surface area contributed by atoms with E-state index in [9.17, 15) is 14.7 Å². The molecule has 1 fully saturated rings. The van der Waals surface area contributed by atoms with Crippen molar-refractivity contribution in [2.24, 2.45) is 0 Å². The lowest BCUT2D eigenvalue weighted by Crippen LogP contribution is -2.31. The van der Waals surface area contributed by atoms with Gasteiger partial charge in [-0.1, -0.05) is 42.5 Å². The molecule has 4 rings (SSSR count). The van der Waals surface area contributed by atoms with Crippen LogP contribution in [0.5, 0.6) is 11.5 Å². The number of hydrogen-bond donors (Lipinski definition) is 1. The standard InChI is InChI=1S/C29H31NO6/c1-4-35-20-14-15-23(24(18-20)36-5-2)27(31)25-26(30(16-9-17-34-3)29(33)28(25)32)22-13-8-11-19-10-6-7-12-21(19)22/h6-8,10-15,18,26,31H,4-5,9,16-17H2,1-3H3/b27-25+. The lowest BCUT2D eigenvalue weighted by molar-refractivity contribution is -0.140. The first-order valence-electron chi connectivity index (χ1n) is 12.2. The molecule has 1 amide bonds. The number of ether oxygens (including phenoxy) is 3. The molecule has 3 aromatic carbocycles.